The van der Waals surface area contributed by atoms with Crippen LogP contribution in [-0.4, -0.2) is 64.0 Å². The van der Waals surface area contributed by atoms with Gasteiger partial charge in [0, 0.05) is 25.7 Å². The van der Waals surface area contributed by atoms with E-state index < -0.39 is 12.1 Å². The lowest BCUT2D eigenvalue weighted by Crippen LogP contribution is -2.53. The monoisotopic (exact) mass is 448 g/mol. The normalized spacial score (nSPS) is 17.1. The third kappa shape index (κ3) is 4.49. The molecule has 1 aliphatic rings. The summed E-state index contributed by atoms with van der Waals surface area (Å²) in [5.74, 6) is 1.04. The number of hydrogen-bond donors (Lipinski definition) is 1. The Balaban J connectivity index is 1.50. The van der Waals surface area contributed by atoms with E-state index in [1.807, 2.05) is 44.2 Å². The van der Waals surface area contributed by atoms with Gasteiger partial charge in [-0.15, -0.1) is 5.10 Å². The molecule has 1 aliphatic heterocycles. The van der Waals surface area contributed by atoms with Gasteiger partial charge in [0.05, 0.1) is 25.2 Å². The van der Waals surface area contributed by atoms with Gasteiger partial charge in [-0.25, -0.2) is 14.8 Å². The summed E-state index contributed by atoms with van der Waals surface area (Å²) in [6.45, 7) is 8.31. The first-order valence-corrected chi connectivity index (χ1v) is 10.9. The van der Waals surface area contributed by atoms with Gasteiger partial charge in [-0.1, -0.05) is 30.3 Å². The Kier molecular flexibility index (Phi) is 6.50. The number of anilines is 2. The highest BCUT2D eigenvalue weighted by atomic mass is 16.5. The largest absolute Gasteiger partial charge is 0.464 e. The number of nitrogens with zero attached hydrogens (tertiary/aromatic N) is 6. The maximum absolute atomic E-state index is 11.6. The second kappa shape index (κ2) is 9.50. The lowest BCUT2D eigenvalue weighted by atomic mass is 10.0. The summed E-state index contributed by atoms with van der Waals surface area (Å²) in [4.78, 5) is 24.5. The third-order valence-corrected chi connectivity index (χ3v) is 6.16. The van der Waals surface area contributed by atoms with Crippen molar-refractivity contribution in [1.82, 2.24) is 20.2 Å². The van der Waals surface area contributed by atoms with Crippen LogP contribution in [0.2, 0.25) is 0 Å². The molecule has 1 fully saturated rings. The molecule has 0 aliphatic carbocycles. The van der Waals surface area contributed by atoms with Crippen LogP contribution in [-0.2, 0) is 4.74 Å². The molecule has 33 heavy (non-hydrogen) atoms. The molecule has 1 unspecified atom stereocenters. The Morgan fingerprint density at radius 1 is 1.09 bits per heavy atom. The number of aromatic nitrogens is 4. The van der Waals surface area contributed by atoms with Crippen molar-refractivity contribution < 1.29 is 14.6 Å². The van der Waals surface area contributed by atoms with E-state index in [9.17, 15) is 9.90 Å². The Hall–Kier alpha value is -3.59. The van der Waals surface area contributed by atoms with Crippen LogP contribution in [0.25, 0.3) is 0 Å². The van der Waals surface area contributed by atoms with Crippen LogP contribution in [0.1, 0.15) is 45.9 Å². The lowest BCUT2D eigenvalue weighted by Gasteiger charge is -2.41. The standard InChI is InChI=1S/C24H28N6O3/c1-15-14-29(10-11-30(15)20-13-25-19(12-26-20)24(32)33-4)23-17(3)16(2)21(27-28-23)22(31)18-8-6-5-7-9-18/h5-9,12-13,15,22,31H,10-11,14H2,1-4H3/t15?,22-/m1/s1. The van der Waals surface area contributed by atoms with Crippen LogP contribution in [0, 0.1) is 13.8 Å². The van der Waals surface area contributed by atoms with Gasteiger partial charge in [0.15, 0.2) is 11.5 Å². The zero-order valence-electron chi connectivity index (χ0n) is 19.3. The summed E-state index contributed by atoms with van der Waals surface area (Å²) in [5, 5.41) is 19.7. The summed E-state index contributed by atoms with van der Waals surface area (Å²) in [6.07, 6.45) is 2.23. The summed E-state index contributed by atoms with van der Waals surface area (Å²) < 4.78 is 4.68. The second-order valence-corrected chi connectivity index (χ2v) is 8.21. The molecule has 9 heteroatoms. The zero-order chi connectivity index (χ0) is 23.5. The van der Waals surface area contributed by atoms with Crippen LogP contribution >= 0.6 is 0 Å². The number of hydrogen-bond acceptors (Lipinski definition) is 9. The molecule has 1 saturated heterocycles. The molecule has 0 saturated carbocycles. The zero-order valence-corrected chi connectivity index (χ0v) is 19.3. The van der Waals surface area contributed by atoms with Crippen LogP contribution in [0.3, 0.4) is 0 Å². The van der Waals surface area contributed by atoms with E-state index in [4.69, 9.17) is 0 Å². The number of piperazine rings is 1. The predicted octanol–water partition coefficient (Wildman–Crippen LogP) is 2.47. The molecule has 2 atom stereocenters. The fraction of sp³-hybridized carbons (Fsp3) is 0.375. The fourth-order valence-corrected chi connectivity index (χ4v) is 4.13. The molecule has 0 spiro atoms. The van der Waals surface area contributed by atoms with Crippen LogP contribution in [0.15, 0.2) is 42.7 Å². The van der Waals surface area contributed by atoms with E-state index in [1.54, 1.807) is 6.20 Å². The first-order chi connectivity index (χ1) is 15.9. The molecule has 1 aromatic carbocycles. The summed E-state index contributed by atoms with van der Waals surface area (Å²) in [7, 11) is 1.32. The Morgan fingerprint density at radius 3 is 2.48 bits per heavy atom. The van der Waals surface area contributed by atoms with Crippen molar-refractivity contribution in [2.24, 2.45) is 0 Å². The maximum atomic E-state index is 11.6. The van der Waals surface area contributed by atoms with Gasteiger partial charge in [-0.3, -0.25) is 0 Å². The van der Waals surface area contributed by atoms with Crippen LogP contribution in [0.5, 0.6) is 0 Å². The van der Waals surface area contributed by atoms with Crippen molar-refractivity contribution in [3.05, 3.63) is 70.8 Å². The first kappa shape index (κ1) is 22.6. The molecular formula is C24H28N6O3. The van der Waals surface area contributed by atoms with E-state index in [0.29, 0.717) is 5.69 Å². The molecule has 4 rings (SSSR count). The quantitative estimate of drug-likeness (QED) is 0.589. The van der Waals surface area contributed by atoms with E-state index in [0.717, 1.165) is 48.0 Å². The highest BCUT2D eigenvalue weighted by molar-refractivity contribution is 5.86. The number of methoxy groups -OCH3 is 1. The molecule has 2 aromatic heterocycles. The van der Waals surface area contributed by atoms with Gasteiger partial charge >= 0.3 is 5.97 Å². The summed E-state index contributed by atoms with van der Waals surface area (Å²) >= 11 is 0. The minimum atomic E-state index is -0.811. The van der Waals surface area contributed by atoms with Gasteiger partial charge in [-0.05, 0) is 37.5 Å². The van der Waals surface area contributed by atoms with Gasteiger partial charge in [-0.2, -0.15) is 5.10 Å². The van der Waals surface area contributed by atoms with E-state index in [1.165, 1.54) is 13.3 Å². The number of esters is 1. The number of ether oxygens (including phenoxy) is 1. The topological polar surface area (TPSA) is 105 Å². The molecule has 9 nitrogen and oxygen atoms in total. The third-order valence-electron chi connectivity index (χ3n) is 6.16. The molecule has 0 bridgehead atoms. The fourth-order valence-electron chi connectivity index (χ4n) is 4.13. The molecule has 3 heterocycles. The number of benzene rings is 1. The maximum Gasteiger partial charge on any atom is 0.358 e. The summed E-state index contributed by atoms with van der Waals surface area (Å²) in [5.41, 5.74) is 3.51. The Bertz CT molecular complexity index is 1120. The van der Waals surface area contributed by atoms with Gasteiger partial charge in [0.1, 0.15) is 11.9 Å². The number of carbonyl (C=O) groups excluding carboxylic acids is 1. The SMILES string of the molecule is COC(=O)c1cnc(N2CCN(c3nnc([C@H](O)c4ccccc4)c(C)c3C)CC2C)cn1. The highest BCUT2D eigenvalue weighted by Crippen LogP contribution is 2.29. The minimum Gasteiger partial charge on any atom is -0.464 e. The van der Waals surface area contributed by atoms with Crippen molar-refractivity contribution in [3.8, 4) is 0 Å². The molecule has 172 valence electrons. The van der Waals surface area contributed by atoms with Crippen molar-refractivity contribution in [2.45, 2.75) is 32.9 Å². The van der Waals surface area contributed by atoms with Gasteiger partial charge < -0.3 is 19.6 Å². The molecule has 1 N–H and O–H groups in total. The van der Waals surface area contributed by atoms with E-state index >= 15 is 0 Å². The Labute approximate surface area is 193 Å². The number of aliphatic hydroxyl groups is 1. The average Bonchev–Trinajstić information content (AvgIpc) is 2.85. The number of rotatable bonds is 5. The number of carbonyl (C=O) groups is 1. The smallest absolute Gasteiger partial charge is 0.358 e. The lowest BCUT2D eigenvalue weighted by molar-refractivity contribution is 0.0593. The molecule has 3 aromatic rings. The van der Waals surface area contributed by atoms with Crippen molar-refractivity contribution in [1.29, 1.82) is 0 Å². The molecule has 0 amide bonds. The van der Waals surface area contributed by atoms with Crippen molar-refractivity contribution in [3.63, 3.8) is 0 Å². The molecular weight excluding hydrogens is 420 g/mol. The highest BCUT2D eigenvalue weighted by Gasteiger charge is 2.28. The van der Waals surface area contributed by atoms with Crippen LogP contribution in [0.4, 0.5) is 11.6 Å². The predicted molar refractivity (Wildman–Crippen MR) is 124 cm³/mol. The van der Waals surface area contributed by atoms with Gasteiger partial charge in [0.25, 0.3) is 0 Å². The van der Waals surface area contributed by atoms with Crippen LogP contribution < -0.4 is 9.80 Å². The van der Waals surface area contributed by atoms with Crippen molar-refractivity contribution in [2.75, 3.05) is 36.5 Å². The second-order valence-electron chi connectivity index (χ2n) is 8.21. The molecule has 0 radical (unpaired) electrons. The summed E-state index contributed by atoms with van der Waals surface area (Å²) in [6, 6.07) is 9.64. The van der Waals surface area contributed by atoms with Crippen molar-refractivity contribution >= 4 is 17.6 Å². The van der Waals surface area contributed by atoms with E-state index in [2.05, 4.69) is 41.6 Å². The Morgan fingerprint density at radius 2 is 1.85 bits per heavy atom. The number of aliphatic hydroxyl groups excluding tert-OH is 1. The van der Waals surface area contributed by atoms with Gasteiger partial charge in [0.2, 0.25) is 0 Å². The average molecular weight is 449 g/mol. The minimum absolute atomic E-state index is 0.146. The first-order valence-electron chi connectivity index (χ1n) is 10.9. The van der Waals surface area contributed by atoms with E-state index in [-0.39, 0.29) is 11.7 Å².